The van der Waals surface area contributed by atoms with Crippen LogP contribution in [0.2, 0.25) is 0 Å². The third kappa shape index (κ3) is 0.990. The molecule has 2 N–H and O–H groups in total. The molecule has 72 valence electrons. The Labute approximate surface area is 78.4 Å². The Balaban J connectivity index is 1.92. The van der Waals surface area contributed by atoms with Crippen molar-refractivity contribution in [3.63, 3.8) is 0 Å². The van der Waals surface area contributed by atoms with Crippen LogP contribution >= 0.6 is 0 Å². The van der Waals surface area contributed by atoms with Gasteiger partial charge in [0.15, 0.2) is 0 Å². The van der Waals surface area contributed by atoms with Gasteiger partial charge in [-0.05, 0) is 31.1 Å². The highest BCUT2D eigenvalue weighted by molar-refractivity contribution is 5.73. The van der Waals surface area contributed by atoms with Crippen LogP contribution in [0.4, 0.5) is 0 Å². The molecule has 13 heavy (non-hydrogen) atoms. The maximum atomic E-state index is 5.60. The van der Waals surface area contributed by atoms with E-state index < -0.39 is 0 Å². The van der Waals surface area contributed by atoms with Crippen LogP contribution in [0.25, 0.3) is 0 Å². The third-order valence-corrected chi connectivity index (χ3v) is 4.05. The SMILES string of the molecule is NC1=NC2(CO1)CC1CCC2CC1. The monoisotopic (exact) mass is 180 g/mol. The molecule has 1 spiro atoms. The van der Waals surface area contributed by atoms with E-state index in [1.54, 1.807) is 0 Å². The van der Waals surface area contributed by atoms with Crippen LogP contribution in [-0.4, -0.2) is 18.2 Å². The summed E-state index contributed by atoms with van der Waals surface area (Å²) in [6.45, 7) is 0.750. The summed E-state index contributed by atoms with van der Waals surface area (Å²) < 4.78 is 5.33. The Morgan fingerprint density at radius 2 is 2.08 bits per heavy atom. The molecule has 3 aliphatic carbocycles. The molecule has 0 aromatic carbocycles. The van der Waals surface area contributed by atoms with Gasteiger partial charge in [0.05, 0.1) is 0 Å². The number of ether oxygens (including phenoxy) is 1. The molecule has 4 rings (SSSR count). The van der Waals surface area contributed by atoms with E-state index in [0.29, 0.717) is 6.02 Å². The molecular weight excluding hydrogens is 164 g/mol. The van der Waals surface area contributed by atoms with E-state index in [4.69, 9.17) is 10.5 Å². The first-order chi connectivity index (χ1) is 6.28. The van der Waals surface area contributed by atoms with E-state index in [0.717, 1.165) is 18.4 Å². The Morgan fingerprint density at radius 3 is 2.54 bits per heavy atom. The lowest BCUT2D eigenvalue weighted by molar-refractivity contribution is 0.0515. The van der Waals surface area contributed by atoms with Gasteiger partial charge in [-0.1, -0.05) is 12.8 Å². The van der Waals surface area contributed by atoms with Gasteiger partial charge in [-0.3, -0.25) is 0 Å². The topological polar surface area (TPSA) is 47.6 Å². The van der Waals surface area contributed by atoms with Crippen LogP contribution in [0.5, 0.6) is 0 Å². The second-order valence-corrected chi connectivity index (χ2v) is 4.76. The first-order valence-corrected chi connectivity index (χ1v) is 5.27. The van der Waals surface area contributed by atoms with Gasteiger partial charge in [0.2, 0.25) is 0 Å². The van der Waals surface area contributed by atoms with Crippen LogP contribution in [0.3, 0.4) is 0 Å². The fraction of sp³-hybridized carbons (Fsp3) is 0.900. The van der Waals surface area contributed by atoms with Gasteiger partial charge in [-0.2, -0.15) is 0 Å². The lowest BCUT2D eigenvalue weighted by Gasteiger charge is -2.46. The summed E-state index contributed by atoms with van der Waals surface area (Å²) in [4.78, 5) is 4.53. The largest absolute Gasteiger partial charge is 0.463 e. The predicted molar refractivity (Wildman–Crippen MR) is 50.4 cm³/mol. The highest BCUT2D eigenvalue weighted by atomic mass is 16.5. The molecule has 2 bridgehead atoms. The van der Waals surface area contributed by atoms with Crippen molar-refractivity contribution < 1.29 is 4.74 Å². The molecule has 0 saturated heterocycles. The van der Waals surface area contributed by atoms with Gasteiger partial charge in [0, 0.05) is 0 Å². The maximum Gasteiger partial charge on any atom is 0.282 e. The van der Waals surface area contributed by atoms with E-state index in [9.17, 15) is 0 Å². The summed E-state index contributed by atoms with van der Waals surface area (Å²) in [6.07, 6.45) is 6.71. The van der Waals surface area contributed by atoms with E-state index in [1.807, 2.05) is 0 Å². The number of aliphatic imine (C=N–C) groups is 1. The highest BCUT2D eigenvalue weighted by Gasteiger charge is 2.50. The molecule has 4 aliphatic rings. The smallest absolute Gasteiger partial charge is 0.282 e. The third-order valence-electron chi connectivity index (χ3n) is 4.05. The van der Waals surface area contributed by atoms with Crippen LogP contribution in [0, 0.1) is 11.8 Å². The highest BCUT2D eigenvalue weighted by Crippen LogP contribution is 2.50. The minimum atomic E-state index is 0.102. The molecule has 1 heterocycles. The molecule has 0 aromatic rings. The fourth-order valence-corrected chi connectivity index (χ4v) is 3.37. The molecule has 1 unspecified atom stereocenters. The molecule has 3 fully saturated rings. The average Bonchev–Trinajstić information content (AvgIpc) is 2.49. The van der Waals surface area contributed by atoms with Gasteiger partial charge < -0.3 is 10.5 Å². The van der Waals surface area contributed by atoms with E-state index in [1.165, 1.54) is 32.1 Å². The molecule has 3 heteroatoms. The quantitative estimate of drug-likeness (QED) is 0.610. The second-order valence-electron chi connectivity index (χ2n) is 4.76. The lowest BCUT2D eigenvalue weighted by Crippen LogP contribution is -2.47. The first-order valence-electron chi connectivity index (χ1n) is 5.27. The summed E-state index contributed by atoms with van der Waals surface area (Å²) in [5.41, 5.74) is 5.70. The van der Waals surface area contributed by atoms with E-state index in [2.05, 4.69) is 4.99 Å². The summed E-state index contributed by atoms with van der Waals surface area (Å²) >= 11 is 0. The number of amidine groups is 1. The molecule has 1 atom stereocenters. The molecule has 3 nitrogen and oxygen atoms in total. The van der Waals surface area contributed by atoms with Crippen molar-refractivity contribution in [1.29, 1.82) is 0 Å². The fourth-order valence-electron chi connectivity index (χ4n) is 3.37. The van der Waals surface area contributed by atoms with Gasteiger partial charge in [-0.15, -0.1) is 0 Å². The Kier molecular flexibility index (Phi) is 1.41. The maximum absolute atomic E-state index is 5.60. The zero-order chi connectivity index (χ0) is 8.89. The number of nitrogens with zero attached hydrogens (tertiary/aromatic N) is 1. The molecule has 0 aromatic heterocycles. The van der Waals surface area contributed by atoms with Crippen molar-refractivity contribution in [1.82, 2.24) is 0 Å². The van der Waals surface area contributed by atoms with Crippen molar-refractivity contribution in [2.75, 3.05) is 6.61 Å². The number of fused-ring (bicyclic) bond motifs is 2. The standard InChI is InChI=1S/C10H16N2O/c11-9-12-10(6-13-9)5-7-1-3-8(10)4-2-7/h7-8H,1-6H2,(H2,11,12). The predicted octanol–water partition coefficient (Wildman–Crippen LogP) is 1.28. The van der Waals surface area contributed by atoms with Crippen molar-refractivity contribution >= 4 is 6.02 Å². The van der Waals surface area contributed by atoms with E-state index in [-0.39, 0.29) is 5.54 Å². The van der Waals surface area contributed by atoms with Crippen LogP contribution < -0.4 is 5.73 Å². The average molecular weight is 180 g/mol. The first kappa shape index (κ1) is 7.65. The number of nitrogens with two attached hydrogens (primary N) is 1. The number of hydrogen-bond acceptors (Lipinski definition) is 3. The van der Waals surface area contributed by atoms with Gasteiger partial charge in [-0.25, -0.2) is 4.99 Å². The van der Waals surface area contributed by atoms with Crippen molar-refractivity contribution in [2.24, 2.45) is 22.6 Å². The number of hydrogen-bond donors (Lipinski definition) is 1. The molecule has 1 aliphatic heterocycles. The van der Waals surface area contributed by atoms with Crippen LogP contribution in [0.1, 0.15) is 32.1 Å². The van der Waals surface area contributed by atoms with Crippen molar-refractivity contribution in [2.45, 2.75) is 37.6 Å². The second kappa shape index (κ2) is 2.40. The zero-order valence-corrected chi connectivity index (χ0v) is 7.83. The van der Waals surface area contributed by atoms with Gasteiger partial charge in [0.1, 0.15) is 12.1 Å². The Morgan fingerprint density at radius 1 is 1.31 bits per heavy atom. The van der Waals surface area contributed by atoms with Crippen LogP contribution in [0.15, 0.2) is 4.99 Å². The minimum absolute atomic E-state index is 0.102. The minimum Gasteiger partial charge on any atom is -0.463 e. The van der Waals surface area contributed by atoms with E-state index >= 15 is 0 Å². The summed E-state index contributed by atoms with van der Waals surface area (Å²) in [5.74, 6) is 1.64. The Hall–Kier alpha value is -0.730. The van der Waals surface area contributed by atoms with Crippen LogP contribution in [-0.2, 0) is 4.74 Å². The molecule has 0 amide bonds. The number of rotatable bonds is 0. The normalized spacial score (nSPS) is 47.8. The summed E-state index contributed by atoms with van der Waals surface area (Å²) in [5, 5.41) is 0. The Bertz CT molecular complexity index is 256. The zero-order valence-electron chi connectivity index (χ0n) is 7.83. The van der Waals surface area contributed by atoms with Gasteiger partial charge in [0.25, 0.3) is 6.02 Å². The van der Waals surface area contributed by atoms with Crippen molar-refractivity contribution in [3.05, 3.63) is 0 Å². The summed E-state index contributed by atoms with van der Waals surface area (Å²) in [7, 11) is 0. The van der Waals surface area contributed by atoms with Gasteiger partial charge >= 0.3 is 0 Å². The summed E-state index contributed by atoms with van der Waals surface area (Å²) in [6, 6.07) is 0.424. The molecule has 3 saturated carbocycles. The molecular formula is C10H16N2O. The molecule has 0 radical (unpaired) electrons. The lowest BCUT2D eigenvalue weighted by atomic mass is 9.61. The van der Waals surface area contributed by atoms with Crippen molar-refractivity contribution in [3.8, 4) is 0 Å².